The molecule has 0 fully saturated rings. The van der Waals surface area contributed by atoms with Gasteiger partial charge in [0.15, 0.2) is 0 Å². The van der Waals surface area contributed by atoms with Crippen LogP contribution in [0.1, 0.15) is 48.6 Å². The standard InChI is InChI=1S/C24H20F3N3O2/c1-14-20(17-8-9-18(12-29)19(10-17)24(25,26)27)21(22(31)32)23(2,3)30(14)13-16-6-4-15(11-28)5-7-16/h4-10,21H,13H2,1-3H3,(H,31,32). The molecule has 1 unspecified atom stereocenters. The monoisotopic (exact) mass is 439 g/mol. The van der Waals surface area contributed by atoms with Gasteiger partial charge in [-0.15, -0.1) is 0 Å². The first kappa shape index (κ1) is 22.9. The van der Waals surface area contributed by atoms with Crippen LogP contribution in [0.4, 0.5) is 13.2 Å². The molecule has 5 nitrogen and oxygen atoms in total. The Morgan fingerprint density at radius 1 is 1.12 bits per heavy atom. The minimum absolute atomic E-state index is 0.122. The van der Waals surface area contributed by atoms with Gasteiger partial charge in [0.05, 0.1) is 34.4 Å². The van der Waals surface area contributed by atoms with Gasteiger partial charge in [-0.1, -0.05) is 18.2 Å². The van der Waals surface area contributed by atoms with Crippen molar-refractivity contribution in [3.05, 3.63) is 76.0 Å². The molecule has 0 aliphatic carbocycles. The maximum absolute atomic E-state index is 13.5. The van der Waals surface area contributed by atoms with Crippen molar-refractivity contribution in [1.82, 2.24) is 4.90 Å². The van der Waals surface area contributed by atoms with E-state index in [0.29, 0.717) is 17.8 Å². The van der Waals surface area contributed by atoms with Crippen LogP contribution in [0.5, 0.6) is 0 Å². The number of halogens is 3. The van der Waals surface area contributed by atoms with Gasteiger partial charge < -0.3 is 10.0 Å². The number of carboxylic acid groups (broad SMARTS) is 1. The van der Waals surface area contributed by atoms with E-state index in [1.165, 1.54) is 6.07 Å². The molecule has 1 atom stereocenters. The van der Waals surface area contributed by atoms with Crippen LogP contribution in [0.2, 0.25) is 0 Å². The quantitative estimate of drug-likeness (QED) is 0.710. The summed E-state index contributed by atoms with van der Waals surface area (Å²) in [6.07, 6.45) is -4.75. The Labute approximate surface area is 183 Å². The number of nitrogens with zero attached hydrogens (tertiary/aromatic N) is 3. The molecule has 164 valence electrons. The molecule has 1 aliphatic rings. The van der Waals surface area contributed by atoms with E-state index < -0.39 is 34.7 Å². The highest BCUT2D eigenvalue weighted by atomic mass is 19.4. The van der Waals surface area contributed by atoms with Crippen molar-refractivity contribution in [2.45, 2.75) is 39.0 Å². The largest absolute Gasteiger partial charge is 0.481 e. The third kappa shape index (κ3) is 3.92. The van der Waals surface area contributed by atoms with E-state index >= 15 is 0 Å². The fourth-order valence-corrected chi connectivity index (χ4v) is 4.33. The molecule has 2 aromatic carbocycles. The first-order valence-corrected chi connectivity index (χ1v) is 9.73. The molecule has 0 radical (unpaired) electrons. The molecule has 0 aromatic heterocycles. The van der Waals surface area contributed by atoms with Crippen molar-refractivity contribution in [2.24, 2.45) is 5.92 Å². The molecule has 8 heteroatoms. The van der Waals surface area contributed by atoms with Gasteiger partial charge in [0.25, 0.3) is 0 Å². The Balaban J connectivity index is 2.15. The number of carbonyl (C=O) groups is 1. The summed E-state index contributed by atoms with van der Waals surface area (Å²) in [4.78, 5) is 14.1. The Bertz CT molecular complexity index is 1180. The first-order valence-electron chi connectivity index (χ1n) is 9.73. The lowest BCUT2D eigenvalue weighted by Crippen LogP contribution is -2.45. The molecular formula is C24H20F3N3O2. The van der Waals surface area contributed by atoms with Gasteiger partial charge in [-0.05, 0) is 61.7 Å². The van der Waals surface area contributed by atoms with E-state index in [1.807, 2.05) is 11.0 Å². The highest BCUT2D eigenvalue weighted by Crippen LogP contribution is 2.48. The van der Waals surface area contributed by atoms with Gasteiger partial charge >= 0.3 is 12.1 Å². The molecule has 0 bridgehead atoms. The zero-order chi connectivity index (χ0) is 23.8. The number of rotatable bonds is 4. The maximum Gasteiger partial charge on any atom is 0.417 e. The van der Waals surface area contributed by atoms with Gasteiger partial charge in [-0.3, -0.25) is 4.79 Å². The van der Waals surface area contributed by atoms with E-state index in [-0.39, 0.29) is 11.1 Å². The van der Waals surface area contributed by atoms with Crippen LogP contribution in [0.3, 0.4) is 0 Å². The molecule has 3 rings (SSSR count). The smallest absolute Gasteiger partial charge is 0.417 e. The lowest BCUT2D eigenvalue weighted by atomic mass is 9.81. The SMILES string of the molecule is CC1=C(c2ccc(C#N)c(C(F)(F)F)c2)C(C(=O)O)C(C)(C)N1Cc1ccc(C#N)cc1. The second-order valence-electron chi connectivity index (χ2n) is 8.19. The number of aliphatic carboxylic acids is 1. The topological polar surface area (TPSA) is 88.1 Å². The number of allylic oxidation sites excluding steroid dienone is 1. The molecular weight excluding hydrogens is 419 g/mol. The highest BCUT2D eigenvalue weighted by Gasteiger charge is 2.50. The average molecular weight is 439 g/mol. The van der Waals surface area contributed by atoms with E-state index in [4.69, 9.17) is 10.5 Å². The molecule has 1 N–H and O–H groups in total. The summed E-state index contributed by atoms with van der Waals surface area (Å²) in [7, 11) is 0. The molecule has 32 heavy (non-hydrogen) atoms. The molecule has 1 aliphatic heterocycles. The Morgan fingerprint density at radius 3 is 2.25 bits per heavy atom. The zero-order valence-corrected chi connectivity index (χ0v) is 17.7. The Kier molecular flexibility index (Phi) is 5.76. The number of hydrogen-bond acceptors (Lipinski definition) is 4. The molecule has 2 aromatic rings. The summed E-state index contributed by atoms with van der Waals surface area (Å²) in [5, 5.41) is 28.1. The van der Waals surface area contributed by atoms with Gasteiger partial charge in [-0.25, -0.2) is 0 Å². The fourth-order valence-electron chi connectivity index (χ4n) is 4.33. The molecule has 0 spiro atoms. The van der Waals surface area contributed by atoms with Crippen LogP contribution in [0, 0.1) is 28.6 Å². The highest BCUT2D eigenvalue weighted by molar-refractivity contribution is 5.92. The van der Waals surface area contributed by atoms with Crippen LogP contribution in [0.15, 0.2) is 48.2 Å². The second-order valence-corrected chi connectivity index (χ2v) is 8.19. The summed E-state index contributed by atoms with van der Waals surface area (Å²) in [6, 6.07) is 13.7. The Hall–Kier alpha value is -3.78. The Morgan fingerprint density at radius 2 is 1.75 bits per heavy atom. The minimum Gasteiger partial charge on any atom is -0.481 e. The predicted molar refractivity (Wildman–Crippen MR) is 111 cm³/mol. The molecule has 0 amide bonds. The average Bonchev–Trinajstić information content (AvgIpc) is 2.93. The normalized spacial score (nSPS) is 17.8. The fraction of sp³-hybridized carbons (Fsp3) is 0.292. The number of carboxylic acids is 1. The van der Waals surface area contributed by atoms with Crippen molar-refractivity contribution >= 4 is 11.5 Å². The van der Waals surface area contributed by atoms with Crippen molar-refractivity contribution < 1.29 is 23.1 Å². The van der Waals surface area contributed by atoms with E-state index in [1.54, 1.807) is 51.1 Å². The third-order valence-corrected chi connectivity index (χ3v) is 5.91. The predicted octanol–water partition coefficient (Wildman–Crippen LogP) is 5.17. The molecule has 1 heterocycles. The van der Waals surface area contributed by atoms with E-state index in [9.17, 15) is 23.1 Å². The maximum atomic E-state index is 13.5. The number of nitriles is 2. The van der Waals surface area contributed by atoms with Crippen molar-refractivity contribution in [1.29, 1.82) is 10.5 Å². The van der Waals surface area contributed by atoms with E-state index in [0.717, 1.165) is 17.7 Å². The number of hydrogen-bond donors (Lipinski definition) is 1. The van der Waals surface area contributed by atoms with Crippen molar-refractivity contribution in [3.63, 3.8) is 0 Å². The van der Waals surface area contributed by atoms with Gasteiger partial charge in [0, 0.05) is 12.2 Å². The van der Waals surface area contributed by atoms with Gasteiger partial charge in [-0.2, -0.15) is 23.7 Å². The number of benzene rings is 2. The lowest BCUT2D eigenvalue weighted by molar-refractivity contribution is -0.142. The third-order valence-electron chi connectivity index (χ3n) is 5.91. The molecule has 0 saturated heterocycles. The summed E-state index contributed by atoms with van der Waals surface area (Å²) >= 11 is 0. The van der Waals surface area contributed by atoms with E-state index in [2.05, 4.69) is 0 Å². The van der Waals surface area contributed by atoms with Gasteiger partial charge in [0.2, 0.25) is 0 Å². The second kappa shape index (κ2) is 8.05. The summed E-state index contributed by atoms with van der Waals surface area (Å²) in [5.41, 5.74) is -0.276. The summed E-state index contributed by atoms with van der Waals surface area (Å²) in [5.74, 6) is -2.24. The van der Waals surface area contributed by atoms with Crippen LogP contribution in [-0.4, -0.2) is 21.5 Å². The summed E-state index contributed by atoms with van der Waals surface area (Å²) < 4.78 is 40.5. The van der Waals surface area contributed by atoms with Crippen LogP contribution >= 0.6 is 0 Å². The van der Waals surface area contributed by atoms with Crippen LogP contribution in [0.25, 0.3) is 5.57 Å². The first-order chi connectivity index (χ1) is 14.9. The van der Waals surface area contributed by atoms with Gasteiger partial charge in [0.1, 0.15) is 5.92 Å². The zero-order valence-electron chi connectivity index (χ0n) is 17.7. The molecule has 0 saturated carbocycles. The number of alkyl halides is 3. The minimum atomic E-state index is -4.75. The summed E-state index contributed by atoms with van der Waals surface area (Å²) in [6.45, 7) is 5.48. The van der Waals surface area contributed by atoms with Crippen LogP contribution in [-0.2, 0) is 17.5 Å². The van der Waals surface area contributed by atoms with Crippen molar-refractivity contribution in [3.8, 4) is 12.1 Å². The van der Waals surface area contributed by atoms with Crippen LogP contribution < -0.4 is 0 Å². The lowest BCUT2D eigenvalue weighted by Gasteiger charge is -2.38. The van der Waals surface area contributed by atoms with Crippen molar-refractivity contribution in [2.75, 3.05) is 0 Å².